The molecule has 4 heteroatoms. The minimum absolute atomic E-state index is 0.0823. The highest BCUT2D eigenvalue weighted by Gasteiger charge is 2.26. The topological polar surface area (TPSA) is 44.8 Å². The fourth-order valence-corrected chi connectivity index (χ4v) is 2.74. The number of ether oxygens (including phenoxy) is 3. The lowest BCUT2D eigenvalue weighted by Crippen LogP contribution is -2.20. The standard InChI is InChI=1S/C20H22O4/c1-14-4-6-15(7-5-14)20(2,3)16-8-10-17(11-9-16)22-12-18-13-23-19(21)24-18/h4-11,18H,12-13H2,1-3H3/t18-/m1/s1. The van der Waals surface area contributed by atoms with E-state index in [1.165, 1.54) is 16.7 Å². The van der Waals surface area contributed by atoms with E-state index in [0.717, 1.165) is 5.75 Å². The van der Waals surface area contributed by atoms with Crippen LogP contribution in [0.15, 0.2) is 48.5 Å². The molecule has 1 saturated heterocycles. The number of benzene rings is 2. The molecule has 1 aliphatic heterocycles. The fourth-order valence-electron chi connectivity index (χ4n) is 2.74. The highest BCUT2D eigenvalue weighted by atomic mass is 16.8. The first kappa shape index (κ1) is 16.4. The van der Waals surface area contributed by atoms with E-state index in [1.54, 1.807) is 0 Å². The highest BCUT2D eigenvalue weighted by Crippen LogP contribution is 2.32. The molecule has 1 aliphatic rings. The predicted molar refractivity (Wildman–Crippen MR) is 91.5 cm³/mol. The lowest BCUT2D eigenvalue weighted by molar-refractivity contribution is 0.0983. The van der Waals surface area contributed by atoms with Crippen LogP contribution in [0.3, 0.4) is 0 Å². The van der Waals surface area contributed by atoms with E-state index < -0.39 is 6.16 Å². The molecular formula is C20H22O4. The third-order valence-corrected chi connectivity index (χ3v) is 4.44. The number of carbonyl (C=O) groups excluding carboxylic acids is 1. The van der Waals surface area contributed by atoms with Crippen molar-refractivity contribution in [2.45, 2.75) is 32.3 Å². The second-order valence-electron chi connectivity index (χ2n) is 6.63. The van der Waals surface area contributed by atoms with Gasteiger partial charge >= 0.3 is 6.16 Å². The van der Waals surface area contributed by atoms with Crippen LogP contribution in [0.5, 0.6) is 5.75 Å². The Balaban J connectivity index is 1.67. The van der Waals surface area contributed by atoms with Crippen LogP contribution in [0.4, 0.5) is 4.79 Å². The minimum atomic E-state index is -0.626. The van der Waals surface area contributed by atoms with Gasteiger partial charge in [0.1, 0.15) is 19.0 Å². The highest BCUT2D eigenvalue weighted by molar-refractivity contribution is 5.61. The molecule has 0 N–H and O–H groups in total. The Kier molecular flexibility index (Phi) is 4.47. The molecule has 0 spiro atoms. The van der Waals surface area contributed by atoms with Gasteiger partial charge in [-0.1, -0.05) is 55.8 Å². The molecule has 4 nitrogen and oxygen atoms in total. The maximum absolute atomic E-state index is 10.9. The lowest BCUT2D eigenvalue weighted by atomic mass is 9.78. The maximum atomic E-state index is 10.9. The van der Waals surface area contributed by atoms with Gasteiger partial charge in [0.05, 0.1) is 0 Å². The second kappa shape index (κ2) is 6.56. The van der Waals surface area contributed by atoms with Crippen LogP contribution in [0.25, 0.3) is 0 Å². The summed E-state index contributed by atoms with van der Waals surface area (Å²) in [6.07, 6.45) is -0.958. The third-order valence-electron chi connectivity index (χ3n) is 4.44. The van der Waals surface area contributed by atoms with Crippen molar-refractivity contribution in [3.63, 3.8) is 0 Å². The van der Waals surface area contributed by atoms with Crippen LogP contribution in [0, 0.1) is 6.92 Å². The first-order valence-corrected chi connectivity index (χ1v) is 8.09. The van der Waals surface area contributed by atoms with Crippen molar-refractivity contribution < 1.29 is 19.0 Å². The largest absolute Gasteiger partial charge is 0.508 e. The molecule has 1 heterocycles. The number of hydrogen-bond acceptors (Lipinski definition) is 4. The summed E-state index contributed by atoms with van der Waals surface area (Å²) < 4.78 is 15.3. The van der Waals surface area contributed by atoms with Crippen molar-refractivity contribution in [3.8, 4) is 5.75 Å². The Morgan fingerprint density at radius 3 is 2.17 bits per heavy atom. The fraction of sp³-hybridized carbons (Fsp3) is 0.350. The quantitative estimate of drug-likeness (QED) is 0.771. The SMILES string of the molecule is Cc1ccc(C(C)(C)c2ccc(OC[C@@H]3COC(=O)O3)cc2)cc1. The summed E-state index contributed by atoms with van der Waals surface area (Å²) in [6, 6.07) is 16.7. The number of carbonyl (C=O) groups is 1. The third kappa shape index (κ3) is 3.53. The Hall–Kier alpha value is -2.49. The van der Waals surface area contributed by atoms with Crippen molar-refractivity contribution in [1.82, 2.24) is 0 Å². The summed E-state index contributed by atoms with van der Waals surface area (Å²) >= 11 is 0. The molecule has 0 aromatic heterocycles. The average molecular weight is 326 g/mol. The molecule has 0 radical (unpaired) electrons. The van der Waals surface area contributed by atoms with Crippen molar-refractivity contribution in [2.75, 3.05) is 13.2 Å². The van der Waals surface area contributed by atoms with Gasteiger partial charge in [0.25, 0.3) is 0 Å². The van der Waals surface area contributed by atoms with Crippen molar-refractivity contribution >= 4 is 6.16 Å². The molecule has 24 heavy (non-hydrogen) atoms. The van der Waals surface area contributed by atoms with E-state index in [0.29, 0.717) is 6.61 Å². The van der Waals surface area contributed by atoms with Crippen LogP contribution in [0.1, 0.15) is 30.5 Å². The maximum Gasteiger partial charge on any atom is 0.508 e. The van der Waals surface area contributed by atoms with Gasteiger partial charge in [-0.05, 0) is 30.2 Å². The van der Waals surface area contributed by atoms with Crippen LogP contribution >= 0.6 is 0 Å². The van der Waals surface area contributed by atoms with Crippen LogP contribution in [-0.4, -0.2) is 25.5 Å². The Labute approximate surface area is 142 Å². The minimum Gasteiger partial charge on any atom is -0.490 e. The predicted octanol–water partition coefficient (Wildman–Crippen LogP) is 4.24. The molecule has 2 aromatic carbocycles. The molecule has 0 unspecified atom stereocenters. The average Bonchev–Trinajstić information content (AvgIpc) is 2.99. The van der Waals surface area contributed by atoms with E-state index in [1.807, 2.05) is 12.1 Å². The molecule has 2 aromatic rings. The van der Waals surface area contributed by atoms with Crippen LogP contribution < -0.4 is 4.74 Å². The second-order valence-corrected chi connectivity index (χ2v) is 6.63. The molecule has 3 rings (SSSR count). The Morgan fingerprint density at radius 2 is 1.62 bits per heavy atom. The van der Waals surface area contributed by atoms with Gasteiger partial charge in [0.15, 0.2) is 6.10 Å². The zero-order valence-corrected chi connectivity index (χ0v) is 14.2. The van der Waals surface area contributed by atoms with Gasteiger partial charge in [-0.3, -0.25) is 0 Å². The summed E-state index contributed by atoms with van der Waals surface area (Å²) in [5, 5.41) is 0. The normalized spacial score (nSPS) is 17.3. The van der Waals surface area contributed by atoms with Crippen LogP contribution in [0.2, 0.25) is 0 Å². The van der Waals surface area contributed by atoms with Crippen molar-refractivity contribution in [1.29, 1.82) is 0 Å². The molecule has 0 bridgehead atoms. The van der Waals surface area contributed by atoms with Crippen LogP contribution in [-0.2, 0) is 14.9 Å². The zero-order valence-electron chi connectivity index (χ0n) is 14.2. The van der Waals surface area contributed by atoms with E-state index in [9.17, 15) is 4.79 Å². The molecular weight excluding hydrogens is 304 g/mol. The first-order chi connectivity index (χ1) is 11.4. The van der Waals surface area contributed by atoms with E-state index >= 15 is 0 Å². The zero-order chi connectivity index (χ0) is 17.2. The number of aryl methyl sites for hydroxylation is 1. The van der Waals surface area contributed by atoms with Gasteiger partial charge in [0, 0.05) is 5.41 Å². The van der Waals surface area contributed by atoms with Crippen molar-refractivity contribution in [2.24, 2.45) is 0 Å². The molecule has 0 amide bonds. The Bertz CT molecular complexity index is 701. The number of cyclic esters (lactones) is 2. The number of hydrogen-bond donors (Lipinski definition) is 0. The van der Waals surface area contributed by atoms with E-state index in [2.05, 4.69) is 57.2 Å². The van der Waals surface area contributed by atoms with E-state index in [-0.39, 0.29) is 18.1 Å². The van der Waals surface area contributed by atoms with Gasteiger partial charge in [-0.2, -0.15) is 0 Å². The molecule has 1 atom stereocenters. The molecule has 0 saturated carbocycles. The van der Waals surface area contributed by atoms with Crippen molar-refractivity contribution in [3.05, 3.63) is 65.2 Å². The van der Waals surface area contributed by atoms with Gasteiger partial charge in [-0.15, -0.1) is 0 Å². The smallest absolute Gasteiger partial charge is 0.490 e. The molecule has 0 aliphatic carbocycles. The summed E-state index contributed by atoms with van der Waals surface area (Å²) in [4.78, 5) is 10.9. The summed E-state index contributed by atoms with van der Waals surface area (Å²) in [7, 11) is 0. The summed E-state index contributed by atoms with van der Waals surface area (Å²) in [5.74, 6) is 0.751. The summed E-state index contributed by atoms with van der Waals surface area (Å²) in [6.45, 7) is 7.06. The molecule has 1 fully saturated rings. The van der Waals surface area contributed by atoms with Gasteiger partial charge in [0.2, 0.25) is 0 Å². The summed E-state index contributed by atoms with van der Waals surface area (Å²) in [5.41, 5.74) is 3.67. The molecule has 126 valence electrons. The lowest BCUT2D eigenvalue weighted by Gasteiger charge is -2.26. The number of rotatable bonds is 5. The Morgan fingerprint density at radius 1 is 1.04 bits per heavy atom. The first-order valence-electron chi connectivity index (χ1n) is 8.09. The monoisotopic (exact) mass is 326 g/mol. The van der Waals surface area contributed by atoms with Gasteiger partial charge < -0.3 is 14.2 Å². The van der Waals surface area contributed by atoms with E-state index in [4.69, 9.17) is 14.2 Å². The van der Waals surface area contributed by atoms with Gasteiger partial charge in [-0.25, -0.2) is 4.79 Å².